The number of benzene rings is 1. The first kappa shape index (κ1) is 18.9. The zero-order chi connectivity index (χ0) is 19.7. The van der Waals surface area contributed by atoms with Gasteiger partial charge in [0.25, 0.3) is 5.91 Å². The molecule has 2 aromatic rings. The molecule has 0 unspecified atom stereocenters. The summed E-state index contributed by atoms with van der Waals surface area (Å²) in [5.41, 5.74) is 4.77. The monoisotopic (exact) mass is 368 g/mol. The molecule has 3 rings (SSSR count). The minimum absolute atomic E-state index is 0.0404. The van der Waals surface area contributed by atoms with Gasteiger partial charge in [-0.15, -0.1) is 0 Å². The van der Waals surface area contributed by atoms with E-state index in [2.05, 4.69) is 4.98 Å². The van der Waals surface area contributed by atoms with E-state index in [9.17, 15) is 19.5 Å². The number of nitrogens with zero attached hydrogens (tertiary/aromatic N) is 1. The summed E-state index contributed by atoms with van der Waals surface area (Å²) in [6, 6.07) is 5.08. The van der Waals surface area contributed by atoms with Gasteiger partial charge in [-0.05, 0) is 55.5 Å². The van der Waals surface area contributed by atoms with Gasteiger partial charge >= 0.3 is 5.97 Å². The summed E-state index contributed by atoms with van der Waals surface area (Å²) in [6.45, 7) is 6.29. The number of H-pyrrole nitrogens is 1. The number of carboxylic acid groups (broad SMARTS) is 1. The highest BCUT2D eigenvalue weighted by molar-refractivity contribution is 6.02. The van der Waals surface area contributed by atoms with Crippen LogP contribution in [0.25, 0.3) is 0 Å². The van der Waals surface area contributed by atoms with E-state index in [-0.39, 0.29) is 17.3 Å². The van der Waals surface area contributed by atoms with Gasteiger partial charge < -0.3 is 15.0 Å². The van der Waals surface area contributed by atoms with Gasteiger partial charge in [0.05, 0.1) is 5.56 Å². The fourth-order valence-corrected chi connectivity index (χ4v) is 3.86. The molecular weight excluding hydrogens is 344 g/mol. The van der Waals surface area contributed by atoms with E-state index in [0.717, 1.165) is 28.8 Å². The predicted molar refractivity (Wildman–Crippen MR) is 101 cm³/mol. The summed E-state index contributed by atoms with van der Waals surface area (Å²) < 4.78 is 0. The molecule has 2 heterocycles. The van der Waals surface area contributed by atoms with Gasteiger partial charge in [-0.2, -0.15) is 0 Å². The normalized spacial score (nSPS) is 13.4. The zero-order valence-electron chi connectivity index (χ0n) is 15.9. The van der Waals surface area contributed by atoms with E-state index >= 15 is 0 Å². The number of carbonyl (C=O) groups excluding carboxylic acids is 2. The number of fused-ring (bicyclic) bond motifs is 1. The van der Waals surface area contributed by atoms with Crippen LogP contribution in [0.2, 0.25) is 0 Å². The molecule has 1 aliphatic rings. The fourth-order valence-electron chi connectivity index (χ4n) is 3.86. The number of aryl methyl sites for hydroxylation is 1. The SMILES string of the molecule is CCCc1c(C(=O)N2CCc3ccc(C(=O)O)cc3C2)[nH]c(C)c1C(C)=O. The standard InChI is InChI=1S/C21H24N2O4/c1-4-5-17-18(13(3)24)12(2)22-19(17)20(25)23-9-8-14-6-7-15(21(26)27)10-16(14)11-23/h6-7,10,22H,4-5,8-9,11H2,1-3H3,(H,26,27). The number of Topliss-reactive ketones (excluding diaryl/α,β-unsaturated/α-hetero) is 1. The zero-order valence-corrected chi connectivity index (χ0v) is 15.9. The molecule has 1 aromatic heterocycles. The number of aromatic amines is 1. The van der Waals surface area contributed by atoms with Gasteiger partial charge in [-0.25, -0.2) is 4.79 Å². The Morgan fingerprint density at radius 1 is 1.22 bits per heavy atom. The maximum atomic E-state index is 13.2. The van der Waals surface area contributed by atoms with Crippen molar-refractivity contribution >= 4 is 17.7 Å². The Kier molecular flexibility index (Phi) is 5.17. The van der Waals surface area contributed by atoms with Gasteiger partial charge in [0.15, 0.2) is 5.78 Å². The van der Waals surface area contributed by atoms with Crippen LogP contribution in [-0.4, -0.2) is 39.2 Å². The highest BCUT2D eigenvalue weighted by Crippen LogP contribution is 2.26. The van der Waals surface area contributed by atoms with Crippen molar-refractivity contribution in [2.45, 2.75) is 46.6 Å². The van der Waals surface area contributed by atoms with Crippen molar-refractivity contribution in [1.29, 1.82) is 0 Å². The van der Waals surface area contributed by atoms with Crippen molar-refractivity contribution in [3.63, 3.8) is 0 Å². The van der Waals surface area contributed by atoms with Crippen LogP contribution in [-0.2, 0) is 19.4 Å². The van der Waals surface area contributed by atoms with Gasteiger partial charge in [0.1, 0.15) is 5.69 Å². The van der Waals surface area contributed by atoms with Crippen LogP contribution in [0.1, 0.15) is 73.9 Å². The molecule has 27 heavy (non-hydrogen) atoms. The summed E-state index contributed by atoms with van der Waals surface area (Å²) in [4.78, 5) is 41.3. The highest BCUT2D eigenvalue weighted by Gasteiger charge is 2.28. The van der Waals surface area contributed by atoms with Gasteiger partial charge in [-0.3, -0.25) is 9.59 Å². The first-order valence-corrected chi connectivity index (χ1v) is 9.20. The summed E-state index contributed by atoms with van der Waals surface area (Å²) in [6.07, 6.45) is 2.18. The van der Waals surface area contributed by atoms with Crippen LogP contribution >= 0.6 is 0 Å². The van der Waals surface area contributed by atoms with Crippen LogP contribution in [0, 0.1) is 6.92 Å². The van der Waals surface area contributed by atoms with E-state index < -0.39 is 5.97 Å². The van der Waals surface area contributed by atoms with Gasteiger partial charge in [-0.1, -0.05) is 19.4 Å². The number of aromatic nitrogens is 1. The molecule has 1 amide bonds. The number of hydrogen-bond donors (Lipinski definition) is 2. The minimum Gasteiger partial charge on any atom is -0.478 e. The second kappa shape index (κ2) is 7.39. The van der Waals surface area contributed by atoms with Crippen molar-refractivity contribution in [1.82, 2.24) is 9.88 Å². The molecule has 6 nitrogen and oxygen atoms in total. The third kappa shape index (κ3) is 3.52. The lowest BCUT2D eigenvalue weighted by atomic mass is 9.96. The second-order valence-electron chi connectivity index (χ2n) is 7.05. The van der Waals surface area contributed by atoms with Gasteiger partial charge in [0, 0.05) is 24.3 Å². The molecule has 0 spiro atoms. The predicted octanol–water partition coefficient (Wildman–Crippen LogP) is 3.37. The Bertz CT molecular complexity index is 927. The van der Waals surface area contributed by atoms with Crippen LogP contribution in [0.3, 0.4) is 0 Å². The molecule has 0 radical (unpaired) electrons. The molecule has 1 aromatic carbocycles. The number of aromatic carboxylic acids is 1. The van der Waals surface area contributed by atoms with E-state index in [0.29, 0.717) is 37.2 Å². The fraction of sp³-hybridized carbons (Fsp3) is 0.381. The van der Waals surface area contributed by atoms with E-state index in [1.54, 1.807) is 17.0 Å². The molecular formula is C21H24N2O4. The Morgan fingerprint density at radius 2 is 1.96 bits per heavy atom. The van der Waals surface area contributed by atoms with Crippen molar-refractivity contribution < 1.29 is 19.5 Å². The first-order valence-electron chi connectivity index (χ1n) is 9.20. The number of rotatable bonds is 5. The molecule has 0 aliphatic carbocycles. The molecule has 142 valence electrons. The number of ketones is 1. The minimum atomic E-state index is -0.974. The number of amides is 1. The van der Waals surface area contributed by atoms with Crippen LogP contribution in [0.5, 0.6) is 0 Å². The number of hydrogen-bond acceptors (Lipinski definition) is 3. The Labute approximate surface area is 158 Å². The first-order chi connectivity index (χ1) is 12.8. The van der Waals surface area contributed by atoms with Crippen molar-refractivity contribution in [2.75, 3.05) is 6.54 Å². The summed E-state index contributed by atoms with van der Waals surface area (Å²) in [5, 5.41) is 9.20. The summed E-state index contributed by atoms with van der Waals surface area (Å²) in [5.74, 6) is -1.15. The molecule has 0 atom stereocenters. The molecule has 0 fully saturated rings. The summed E-state index contributed by atoms with van der Waals surface area (Å²) in [7, 11) is 0. The maximum Gasteiger partial charge on any atom is 0.335 e. The number of carboxylic acids is 1. The third-order valence-electron chi connectivity index (χ3n) is 5.11. The second-order valence-corrected chi connectivity index (χ2v) is 7.05. The Hall–Kier alpha value is -2.89. The average molecular weight is 368 g/mol. The van der Waals surface area contributed by atoms with Crippen LogP contribution < -0.4 is 0 Å². The van der Waals surface area contributed by atoms with E-state index in [1.807, 2.05) is 19.9 Å². The molecule has 6 heteroatoms. The molecule has 0 saturated heterocycles. The van der Waals surface area contributed by atoms with Gasteiger partial charge in [0.2, 0.25) is 0 Å². The topological polar surface area (TPSA) is 90.5 Å². The smallest absolute Gasteiger partial charge is 0.335 e. The number of carbonyl (C=O) groups is 3. The Balaban J connectivity index is 1.93. The quantitative estimate of drug-likeness (QED) is 0.792. The van der Waals surface area contributed by atoms with Crippen LogP contribution in [0.4, 0.5) is 0 Å². The maximum absolute atomic E-state index is 13.2. The molecule has 0 saturated carbocycles. The van der Waals surface area contributed by atoms with Crippen LogP contribution in [0.15, 0.2) is 18.2 Å². The molecule has 1 aliphatic heterocycles. The Morgan fingerprint density at radius 3 is 2.59 bits per heavy atom. The molecule has 2 N–H and O–H groups in total. The van der Waals surface area contributed by atoms with Crippen molar-refractivity contribution in [3.8, 4) is 0 Å². The van der Waals surface area contributed by atoms with E-state index in [1.165, 1.54) is 6.92 Å². The average Bonchev–Trinajstić information content (AvgIpc) is 2.96. The van der Waals surface area contributed by atoms with E-state index in [4.69, 9.17) is 0 Å². The third-order valence-corrected chi connectivity index (χ3v) is 5.11. The largest absolute Gasteiger partial charge is 0.478 e. The summed E-state index contributed by atoms with van der Waals surface area (Å²) >= 11 is 0. The highest BCUT2D eigenvalue weighted by atomic mass is 16.4. The lowest BCUT2D eigenvalue weighted by Gasteiger charge is -2.29. The lowest BCUT2D eigenvalue weighted by molar-refractivity contribution is 0.0696. The lowest BCUT2D eigenvalue weighted by Crippen LogP contribution is -2.36. The van der Waals surface area contributed by atoms with Crippen molar-refractivity contribution in [3.05, 3.63) is 57.4 Å². The number of nitrogens with one attached hydrogen (secondary N) is 1. The van der Waals surface area contributed by atoms with Crippen molar-refractivity contribution in [2.24, 2.45) is 0 Å². The molecule has 0 bridgehead atoms.